The van der Waals surface area contributed by atoms with Crippen LogP contribution in [-0.2, 0) is 21.2 Å². The van der Waals surface area contributed by atoms with Crippen molar-refractivity contribution < 1.29 is 13.2 Å². The van der Waals surface area contributed by atoms with Crippen LogP contribution in [0.25, 0.3) is 10.9 Å². The maximum atomic E-state index is 11.2. The van der Waals surface area contributed by atoms with Crippen LogP contribution in [0.1, 0.15) is 5.56 Å². The van der Waals surface area contributed by atoms with Gasteiger partial charge in [0.2, 0.25) is 10.0 Å². The molecule has 0 aliphatic carbocycles. The molecule has 1 unspecified atom stereocenters. The standard InChI is InChI=1S/C16H23N3O3S/c1-23(20,21)18-6-7-19-8-9-22-12-14(19)10-13-11-17-16-5-3-2-4-15(13)16/h2-5,11,14,17-18H,6-10,12H2,1H3. The number of aromatic amines is 1. The van der Waals surface area contributed by atoms with Gasteiger partial charge in [-0.2, -0.15) is 0 Å². The first-order chi connectivity index (χ1) is 11.0. The van der Waals surface area contributed by atoms with E-state index >= 15 is 0 Å². The van der Waals surface area contributed by atoms with Gasteiger partial charge in [0, 0.05) is 42.8 Å². The fraction of sp³-hybridized carbons (Fsp3) is 0.500. The fourth-order valence-corrected chi connectivity index (χ4v) is 3.56. The minimum Gasteiger partial charge on any atom is -0.378 e. The Morgan fingerprint density at radius 2 is 2.22 bits per heavy atom. The van der Waals surface area contributed by atoms with Crippen molar-refractivity contribution in [2.45, 2.75) is 12.5 Å². The van der Waals surface area contributed by atoms with Gasteiger partial charge >= 0.3 is 0 Å². The summed E-state index contributed by atoms with van der Waals surface area (Å²) in [5.41, 5.74) is 2.42. The van der Waals surface area contributed by atoms with Crippen LogP contribution >= 0.6 is 0 Å². The number of benzene rings is 1. The van der Waals surface area contributed by atoms with E-state index in [0.717, 1.165) is 18.5 Å². The number of rotatable bonds is 6. The third kappa shape index (κ3) is 4.32. The van der Waals surface area contributed by atoms with Crippen molar-refractivity contribution in [1.82, 2.24) is 14.6 Å². The summed E-state index contributed by atoms with van der Waals surface area (Å²) in [4.78, 5) is 5.61. The molecule has 1 atom stereocenters. The van der Waals surface area contributed by atoms with Crippen molar-refractivity contribution in [3.63, 3.8) is 0 Å². The SMILES string of the molecule is CS(=O)(=O)NCCN1CCOCC1Cc1c[nH]c2ccccc12. The normalized spacial score (nSPS) is 20.1. The van der Waals surface area contributed by atoms with Crippen molar-refractivity contribution in [1.29, 1.82) is 0 Å². The van der Waals surface area contributed by atoms with Gasteiger partial charge in [0.05, 0.1) is 19.5 Å². The van der Waals surface area contributed by atoms with E-state index in [1.807, 2.05) is 12.1 Å². The molecule has 0 saturated carbocycles. The van der Waals surface area contributed by atoms with Crippen molar-refractivity contribution >= 4 is 20.9 Å². The van der Waals surface area contributed by atoms with E-state index in [2.05, 4.69) is 32.9 Å². The first-order valence-corrected chi connectivity index (χ1v) is 9.73. The highest BCUT2D eigenvalue weighted by atomic mass is 32.2. The first kappa shape index (κ1) is 16.4. The second kappa shape index (κ2) is 7.00. The van der Waals surface area contributed by atoms with E-state index in [1.165, 1.54) is 17.2 Å². The quantitative estimate of drug-likeness (QED) is 0.823. The summed E-state index contributed by atoms with van der Waals surface area (Å²) in [6, 6.07) is 8.54. The molecule has 2 aromatic rings. The number of nitrogens with zero attached hydrogens (tertiary/aromatic N) is 1. The zero-order valence-corrected chi connectivity index (χ0v) is 14.1. The van der Waals surface area contributed by atoms with Crippen molar-refractivity contribution in [3.05, 3.63) is 36.0 Å². The van der Waals surface area contributed by atoms with Gasteiger partial charge in [-0.15, -0.1) is 0 Å². The van der Waals surface area contributed by atoms with E-state index < -0.39 is 10.0 Å². The molecule has 0 spiro atoms. The van der Waals surface area contributed by atoms with Crippen LogP contribution in [-0.4, -0.2) is 63.4 Å². The average Bonchev–Trinajstić information content (AvgIpc) is 2.91. The Hall–Kier alpha value is -1.41. The lowest BCUT2D eigenvalue weighted by molar-refractivity contribution is -0.00572. The van der Waals surface area contributed by atoms with Gasteiger partial charge in [-0.3, -0.25) is 4.90 Å². The zero-order valence-electron chi connectivity index (χ0n) is 13.3. The molecule has 1 aromatic heterocycles. The zero-order chi connectivity index (χ0) is 16.3. The summed E-state index contributed by atoms with van der Waals surface area (Å²) >= 11 is 0. The monoisotopic (exact) mass is 337 g/mol. The molecular formula is C16H23N3O3S. The summed E-state index contributed by atoms with van der Waals surface area (Å²) in [6.45, 7) is 3.34. The molecule has 7 heteroatoms. The summed E-state index contributed by atoms with van der Waals surface area (Å²) in [5, 5.41) is 1.24. The van der Waals surface area contributed by atoms with Crippen LogP contribution in [0.2, 0.25) is 0 Å². The summed E-state index contributed by atoms with van der Waals surface area (Å²) in [6.07, 6.45) is 4.14. The Kier molecular flexibility index (Phi) is 5.01. The van der Waals surface area contributed by atoms with Gasteiger partial charge in [0.15, 0.2) is 0 Å². The molecule has 0 radical (unpaired) electrons. The van der Waals surface area contributed by atoms with Crippen LogP contribution in [0.4, 0.5) is 0 Å². The highest BCUT2D eigenvalue weighted by molar-refractivity contribution is 7.88. The Balaban J connectivity index is 1.66. The maximum absolute atomic E-state index is 11.2. The van der Waals surface area contributed by atoms with Crippen molar-refractivity contribution in [2.75, 3.05) is 39.1 Å². The lowest BCUT2D eigenvalue weighted by atomic mass is 10.0. The molecule has 0 amide bonds. The molecule has 0 bridgehead atoms. The van der Waals surface area contributed by atoms with E-state index in [-0.39, 0.29) is 6.04 Å². The number of aromatic nitrogens is 1. The topological polar surface area (TPSA) is 74.4 Å². The summed E-state index contributed by atoms with van der Waals surface area (Å²) < 4.78 is 30.6. The largest absolute Gasteiger partial charge is 0.378 e. The predicted octanol–water partition coefficient (Wildman–Crippen LogP) is 0.960. The number of fused-ring (bicyclic) bond motifs is 1. The van der Waals surface area contributed by atoms with Gasteiger partial charge in [-0.05, 0) is 18.1 Å². The number of morpholine rings is 1. The van der Waals surface area contributed by atoms with Gasteiger partial charge < -0.3 is 9.72 Å². The van der Waals surface area contributed by atoms with E-state index in [4.69, 9.17) is 4.74 Å². The highest BCUT2D eigenvalue weighted by Crippen LogP contribution is 2.21. The molecular weight excluding hydrogens is 314 g/mol. The molecule has 2 N–H and O–H groups in total. The summed E-state index contributed by atoms with van der Waals surface area (Å²) in [7, 11) is -3.13. The number of nitrogens with one attached hydrogen (secondary N) is 2. The van der Waals surface area contributed by atoms with Crippen molar-refractivity contribution in [2.24, 2.45) is 0 Å². The molecule has 23 heavy (non-hydrogen) atoms. The molecule has 1 fully saturated rings. The minimum atomic E-state index is -3.13. The predicted molar refractivity (Wildman–Crippen MR) is 91.0 cm³/mol. The molecule has 1 aliphatic heterocycles. The Morgan fingerprint density at radius 3 is 3.04 bits per heavy atom. The lowest BCUT2D eigenvalue weighted by Crippen LogP contribution is -2.49. The van der Waals surface area contributed by atoms with Gasteiger partial charge in [0.25, 0.3) is 0 Å². The molecule has 1 aromatic carbocycles. The molecule has 126 valence electrons. The third-order valence-electron chi connectivity index (χ3n) is 4.24. The number of hydrogen-bond acceptors (Lipinski definition) is 4. The number of sulfonamides is 1. The number of hydrogen-bond donors (Lipinski definition) is 2. The van der Waals surface area contributed by atoms with Gasteiger partial charge in [-0.25, -0.2) is 13.1 Å². The van der Waals surface area contributed by atoms with E-state index in [1.54, 1.807) is 0 Å². The first-order valence-electron chi connectivity index (χ1n) is 7.84. The number of para-hydroxylation sites is 1. The average molecular weight is 337 g/mol. The fourth-order valence-electron chi connectivity index (χ4n) is 3.10. The smallest absolute Gasteiger partial charge is 0.208 e. The molecule has 1 saturated heterocycles. The number of H-pyrrole nitrogens is 1. The molecule has 6 nitrogen and oxygen atoms in total. The van der Waals surface area contributed by atoms with Crippen molar-refractivity contribution in [3.8, 4) is 0 Å². The second-order valence-electron chi connectivity index (χ2n) is 5.99. The van der Waals surface area contributed by atoms with Crippen LogP contribution < -0.4 is 4.72 Å². The van der Waals surface area contributed by atoms with Crippen LogP contribution in [0.5, 0.6) is 0 Å². The van der Waals surface area contributed by atoms with Crippen LogP contribution in [0.15, 0.2) is 30.5 Å². The Bertz CT molecular complexity index is 757. The van der Waals surface area contributed by atoms with E-state index in [9.17, 15) is 8.42 Å². The molecule has 2 heterocycles. The number of ether oxygens (including phenoxy) is 1. The van der Waals surface area contributed by atoms with Gasteiger partial charge in [0.1, 0.15) is 0 Å². The van der Waals surface area contributed by atoms with Crippen LogP contribution in [0, 0.1) is 0 Å². The Morgan fingerprint density at radius 1 is 1.39 bits per heavy atom. The second-order valence-corrected chi connectivity index (χ2v) is 7.83. The maximum Gasteiger partial charge on any atom is 0.208 e. The molecule has 1 aliphatic rings. The highest BCUT2D eigenvalue weighted by Gasteiger charge is 2.24. The van der Waals surface area contributed by atoms with Crippen LogP contribution in [0.3, 0.4) is 0 Å². The Labute approximate surface area is 136 Å². The molecule has 3 rings (SSSR count). The third-order valence-corrected chi connectivity index (χ3v) is 4.97. The van der Waals surface area contributed by atoms with Gasteiger partial charge in [-0.1, -0.05) is 18.2 Å². The lowest BCUT2D eigenvalue weighted by Gasteiger charge is -2.35. The van der Waals surface area contributed by atoms with E-state index in [0.29, 0.717) is 26.3 Å². The summed E-state index contributed by atoms with van der Waals surface area (Å²) in [5.74, 6) is 0. The minimum absolute atomic E-state index is 0.268.